The topological polar surface area (TPSA) is 89.6 Å². The minimum atomic E-state index is -1.53. The van der Waals surface area contributed by atoms with Gasteiger partial charge in [-0.2, -0.15) is 0 Å². The Kier molecular flexibility index (Phi) is 4.48. The van der Waals surface area contributed by atoms with Gasteiger partial charge in [-0.3, -0.25) is 9.59 Å². The van der Waals surface area contributed by atoms with Crippen LogP contribution in [0.5, 0.6) is 0 Å². The van der Waals surface area contributed by atoms with Gasteiger partial charge in [0.05, 0.1) is 5.92 Å². The summed E-state index contributed by atoms with van der Waals surface area (Å²) in [6.45, 7) is 0.194. The maximum atomic E-state index is 12.7. The first kappa shape index (κ1) is 17.7. The number of carbonyl (C=O) groups excluding carboxylic acids is 1. The Labute approximate surface area is 158 Å². The van der Waals surface area contributed by atoms with E-state index in [1.807, 2.05) is 24.3 Å². The molecule has 5 heteroatoms. The number of nitrogens with two attached hydrogens (primary N) is 1. The quantitative estimate of drug-likeness (QED) is 0.812. The van der Waals surface area contributed by atoms with Gasteiger partial charge in [-0.15, -0.1) is 0 Å². The Morgan fingerprint density at radius 2 is 1.63 bits per heavy atom. The van der Waals surface area contributed by atoms with Gasteiger partial charge in [0.2, 0.25) is 0 Å². The van der Waals surface area contributed by atoms with Crippen molar-refractivity contribution in [2.75, 3.05) is 6.61 Å². The maximum Gasteiger partial charge on any atom is 0.324 e. The lowest BCUT2D eigenvalue weighted by Crippen LogP contribution is -2.58. The number of aliphatic carboxylic acids is 1. The third-order valence-electron chi connectivity index (χ3n) is 5.99. The number of rotatable bonds is 4. The highest BCUT2D eigenvalue weighted by atomic mass is 16.5. The fourth-order valence-electron chi connectivity index (χ4n) is 4.49. The van der Waals surface area contributed by atoms with E-state index in [1.165, 1.54) is 0 Å². The van der Waals surface area contributed by atoms with Gasteiger partial charge in [0.1, 0.15) is 12.1 Å². The summed E-state index contributed by atoms with van der Waals surface area (Å²) in [5, 5.41) is 9.52. The molecule has 0 unspecified atom stereocenters. The van der Waals surface area contributed by atoms with Crippen molar-refractivity contribution in [1.82, 2.24) is 0 Å². The number of carboxylic acid groups (broad SMARTS) is 1. The van der Waals surface area contributed by atoms with Crippen molar-refractivity contribution >= 4 is 11.9 Å². The molecule has 3 N–H and O–H groups in total. The Morgan fingerprint density at radius 3 is 2.22 bits per heavy atom. The molecular weight excluding hydrogens is 342 g/mol. The molecule has 0 heterocycles. The van der Waals surface area contributed by atoms with E-state index >= 15 is 0 Å². The number of fused-ring (bicyclic) bond motifs is 3. The van der Waals surface area contributed by atoms with Crippen molar-refractivity contribution in [3.63, 3.8) is 0 Å². The number of carboxylic acids is 1. The number of hydrogen-bond donors (Lipinski definition) is 2. The lowest BCUT2D eigenvalue weighted by Gasteiger charge is -2.36. The molecule has 2 atom stereocenters. The molecule has 2 aromatic rings. The van der Waals surface area contributed by atoms with Gasteiger partial charge >= 0.3 is 11.9 Å². The molecule has 5 nitrogen and oxygen atoms in total. The van der Waals surface area contributed by atoms with Gasteiger partial charge < -0.3 is 15.6 Å². The van der Waals surface area contributed by atoms with Gasteiger partial charge in [0.25, 0.3) is 0 Å². The van der Waals surface area contributed by atoms with E-state index < -0.39 is 23.4 Å². The fraction of sp³-hybridized carbons (Fsp3) is 0.364. The van der Waals surface area contributed by atoms with Gasteiger partial charge in [-0.25, -0.2) is 0 Å². The van der Waals surface area contributed by atoms with Gasteiger partial charge in [0.15, 0.2) is 0 Å². The fourth-order valence-corrected chi connectivity index (χ4v) is 4.49. The average Bonchev–Trinajstić information content (AvgIpc) is 3.00. The Morgan fingerprint density at radius 1 is 1.04 bits per heavy atom. The van der Waals surface area contributed by atoms with Crippen molar-refractivity contribution in [2.24, 2.45) is 11.7 Å². The van der Waals surface area contributed by atoms with Crippen molar-refractivity contribution in [3.8, 4) is 11.1 Å². The van der Waals surface area contributed by atoms with Gasteiger partial charge in [-0.05, 0) is 35.1 Å². The lowest BCUT2D eigenvalue weighted by atomic mass is 9.73. The number of carbonyl (C=O) groups is 2. The summed E-state index contributed by atoms with van der Waals surface area (Å²) in [6, 6.07) is 16.2. The van der Waals surface area contributed by atoms with Crippen LogP contribution in [0.1, 0.15) is 42.7 Å². The minimum Gasteiger partial charge on any atom is -0.480 e. The van der Waals surface area contributed by atoms with E-state index in [1.54, 1.807) is 0 Å². The third-order valence-corrected chi connectivity index (χ3v) is 5.99. The third kappa shape index (κ3) is 2.92. The Hall–Kier alpha value is -2.66. The van der Waals surface area contributed by atoms with E-state index in [0.29, 0.717) is 12.8 Å². The number of benzene rings is 2. The summed E-state index contributed by atoms with van der Waals surface area (Å²) in [5.74, 6) is -2.46. The molecule has 140 valence electrons. The monoisotopic (exact) mass is 365 g/mol. The van der Waals surface area contributed by atoms with Crippen molar-refractivity contribution in [2.45, 2.75) is 37.1 Å². The molecule has 1 fully saturated rings. The largest absolute Gasteiger partial charge is 0.480 e. The molecule has 0 saturated heterocycles. The van der Waals surface area contributed by atoms with E-state index in [0.717, 1.165) is 35.1 Å². The van der Waals surface area contributed by atoms with Crippen LogP contribution < -0.4 is 5.73 Å². The highest BCUT2D eigenvalue weighted by molar-refractivity contribution is 5.88. The summed E-state index contributed by atoms with van der Waals surface area (Å²) in [6.07, 6.45) is 2.27. The number of esters is 1. The first-order valence-corrected chi connectivity index (χ1v) is 9.39. The summed E-state index contributed by atoms with van der Waals surface area (Å²) in [7, 11) is 0. The summed E-state index contributed by atoms with van der Waals surface area (Å²) >= 11 is 0. The predicted molar refractivity (Wildman–Crippen MR) is 101 cm³/mol. The predicted octanol–water partition coefficient (Wildman–Crippen LogP) is 3.31. The second-order valence-electron chi connectivity index (χ2n) is 7.50. The zero-order valence-electron chi connectivity index (χ0n) is 15.1. The van der Waals surface area contributed by atoms with Crippen LogP contribution in [0.3, 0.4) is 0 Å². The van der Waals surface area contributed by atoms with Crippen molar-refractivity contribution in [3.05, 3.63) is 59.7 Å². The molecule has 0 radical (unpaired) electrons. The second-order valence-corrected chi connectivity index (χ2v) is 7.50. The smallest absolute Gasteiger partial charge is 0.324 e. The highest BCUT2D eigenvalue weighted by Crippen LogP contribution is 2.44. The molecule has 4 rings (SSSR count). The van der Waals surface area contributed by atoms with E-state index in [-0.39, 0.29) is 12.5 Å². The van der Waals surface area contributed by atoms with Crippen LogP contribution in [-0.2, 0) is 14.3 Å². The van der Waals surface area contributed by atoms with Crippen LogP contribution in [0.2, 0.25) is 0 Å². The molecule has 1 saturated carbocycles. The average molecular weight is 365 g/mol. The molecular formula is C22H23NO4. The second kappa shape index (κ2) is 6.82. The highest BCUT2D eigenvalue weighted by Gasteiger charge is 2.48. The number of ether oxygens (including phenoxy) is 1. The molecule has 0 aromatic heterocycles. The van der Waals surface area contributed by atoms with Gasteiger partial charge in [-0.1, -0.05) is 61.4 Å². The van der Waals surface area contributed by atoms with Crippen LogP contribution in [0.4, 0.5) is 0 Å². The lowest BCUT2D eigenvalue weighted by molar-refractivity contribution is -0.161. The minimum absolute atomic E-state index is 0.0399. The molecule has 2 aromatic carbocycles. The molecule has 2 aliphatic rings. The van der Waals surface area contributed by atoms with Crippen LogP contribution in [-0.4, -0.2) is 29.2 Å². The molecule has 0 spiro atoms. The van der Waals surface area contributed by atoms with Gasteiger partial charge in [0, 0.05) is 5.92 Å². The molecule has 0 amide bonds. The van der Waals surface area contributed by atoms with Crippen LogP contribution >= 0.6 is 0 Å². The SMILES string of the molecule is N[C@@]1(C(=O)O)CCCC[C@H]1C(=O)OCC1c2ccccc2-c2ccccc21. The standard InChI is InChI=1S/C22H23NO4/c23-22(21(25)26)12-6-5-11-19(22)20(24)27-13-18-16-9-3-1-7-14(16)15-8-2-4-10-17(15)18/h1-4,7-10,18-19H,5-6,11-13,23H2,(H,25,26)/t19-,22-/m0/s1. The van der Waals surface area contributed by atoms with E-state index in [9.17, 15) is 14.7 Å². The normalized spacial score (nSPS) is 24.1. The van der Waals surface area contributed by atoms with E-state index in [4.69, 9.17) is 10.5 Å². The summed E-state index contributed by atoms with van der Waals surface area (Å²) in [4.78, 5) is 24.4. The summed E-state index contributed by atoms with van der Waals surface area (Å²) < 4.78 is 5.64. The molecule has 0 aliphatic heterocycles. The van der Waals surface area contributed by atoms with Crippen molar-refractivity contribution < 1.29 is 19.4 Å². The van der Waals surface area contributed by atoms with Crippen LogP contribution in [0, 0.1) is 5.92 Å². The van der Waals surface area contributed by atoms with Crippen LogP contribution in [0.25, 0.3) is 11.1 Å². The molecule has 0 bridgehead atoms. The zero-order chi connectivity index (χ0) is 19.0. The van der Waals surface area contributed by atoms with Crippen molar-refractivity contribution in [1.29, 1.82) is 0 Å². The van der Waals surface area contributed by atoms with Crippen LogP contribution in [0.15, 0.2) is 48.5 Å². The Balaban J connectivity index is 1.55. The zero-order valence-corrected chi connectivity index (χ0v) is 15.1. The first-order chi connectivity index (χ1) is 13.0. The maximum absolute atomic E-state index is 12.7. The Bertz CT molecular complexity index is 848. The summed E-state index contributed by atoms with van der Waals surface area (Å²) in [5.41, 5.74) is 9.14. The molecule has 27 heavy (non-hydrogen) atoms. The molecule has 2 aliphatic carbocycles. The van der Waals surface area contributed by atoms with E-state index in [2.05, 4.69) is 24.3 Å². The first-order valence-electron chi connectivity index (χ1n) is 9.39. The number of hydrogen-bond acceptors (Lipinski definition) is 4.